The van der Waals surface area contributed by atoms with Crippen molar-refractivity contribution in [3.05, 3.63) is 11.9 Å². The molecule has 1 saturated heterocycles. The third-order valence-corrected chi connectivity index (χ3v) is 1.89. The van der Waals surface area contributed by atoms with E-state index in [1.165, 1.54) is 0 Å². The summed E-state index contributed by atoms with van der Waals surface area (Å²) in [5.74, 6) is 1.07. The minimum absolute atomic E-state index is 0.555. The molecule has 3 nitrogen and oxygen atoms in total. The Labute approximate surface area is 67.8 Å². The Morgan fingerprint density at radius 3 is 3.09 bits per heavy atom. The average Bonchev–Trinajstić information content (AvgIpc) is 2.04. The molecule has 0 aromatic carbocycles. The lowest BCUT2D eigenvalue weighted by atomic mass is 10.2. The van der Waals surface area contributed by atoms with E-state index in [9.17, 15) is 0 Å². The molecule has 11 heavy (non-hydrogen) atoms. The summed E-state index contributed by atoms with van der Waals surface area (Å²) in [6, 6.07) is 0.555. The molecule has 1 aliphatic rings. The second-order valence-corrected chi connectivity index (χ2v) is 2.77. The summed E-state index contributed by atoms with van der Waals surface area (Å²) in [6.07, 6.45) is 3.14. The maximum atomic E-state index is 3.89. The molecule has 0 aromatic rings. The second kappa shape index (κ2) is 3.42. The lowest BCUT2D eigenvalue weighted by molar-refractivity contribution is 0.263. The number of rotatable bonds is 1. The fraction of sp³-hybridized carbons (Fsp3) is 0.625. The van der Waals surface area contributed by atoms with Crippen LogP contribution in [0.3, 0.4) is 0 Å². The molecule has 1 heterocycles. The van der Waals surface area contributed by atoms with Gasteiger partial charge in [-0.3, -0.25) is 5.01 Å². The minimum Gasteiger partial charge on any atom is -0.368 e. The highest BCUT2D eigenvalue weighted by molar-refractivity contribution is 5.23. The van der Waals surface area contributed by atoms with Crippen molar-refractivity contribution in [2.45, 2.75) is 26.3 Å². The van der Waals surface area contributed by atoms with Gasteiger partial charge in [0.05, 0.1) is 0 Å². The smallest absolute Gasteiger partial charge is 0.118 e. The third kappa shape index (κ3) is 1.73. The first-order valence-electron chi connectivity index (χ1n) is 3.95. The molecule has 0 amide bonds. The van der Waals surface area contributed by atoms with Crippen molar-refractivity contribution in [1.82, 2.24) is 10.3 Å². The molecule has 1 rings (SSSR count). The van der Waals surface area contributed by atoms with Gasteiger partial charge in [0, 0.05) is 19.3 Å². The summed E-state index contributed by atoms with van der Waals surface area (Å²) in [4.78, 5) is 0. The van der Waals surface area contributed by atoms with Crippen LogP contribution < -0.4 is 5.32 Å². The van der Waals surface area contributed by atoms with Gasteiger partial charge in [0.25, 0.3) is 0 Å². The summed E-state index contributed by atoms with van der Waals surface area (Å²) in [5, 5.41) is 9.10. The van der Waals surface area contributed by atoms with Crippen LogP contribution in [0.4, 0.5) is 0 Å². The highest BCUT2D eigenvalue weighted by atomic mass is 15.5. The van der Waals surface area contributed by atoms with Gasteiger partial charge in [-0.05, 0) is 26.3 Å². The molecule has 1 fully saturated rings. The molecule has 0 radical (unpaired) electrons. The molecule has 0 saturated carbocycles. The van der Waals surface area contributed by atoms with Crippen LogP contribution in [0.15, 0.2) is 17.0 Å². The lowest BCUT2D eigenvalue weighted by Crippen LogP contribution is -2.41. The monoisotopic (exact) mass is 153 g/mol. The Balaban J connectivity index is 2.63. The van der Waals surface area contributed by atoms with E-state index in [2.05, 4.69) is 24.1 Å². The van der Waals surface area contributed by atoms with Crippen molar-refractivity contribution in [3.8, 4) is 0 Å². The first-order valence-corrected chi connectivity index (χ1v) is 3.95. The standard InChI is InChI=1S/C8H15N3/c1-4-8-10-7(2)5-6-11(8)9-3/h4,7,10H,3,5-6H2,1-2H3/b8-4-. The predicted molar refractivity (Wildman–Crippen MR) is 47.2 cm³/mol. The highest BCUT2D eigenvalue weighted by Gasteiger charge is 2.16. The van der Waals surface area contributed by atoms with Crippen LogP contribution in [0.25, 0.3) is 0 Å². The van der Waals surface area contributed by atoms with Gasteiger partial charge in [-0.15, -0.1) is 0 Å². The van der Waals surface area contributed by atoms with Crippen molar-refractivity contribution in [2.24, 2.45) is 5.10 Å². The topological polar surface area (TPSA) is 27.6 Å². The summed E-state index contributed by atoms with van der Waals surface area (Å²) in [6.45, 7) is 8.64. The van der Waals surface area contributed by atoms with Gasteiger partial charge in [-0.25, -0.2) is 0 Å². The van der Waals surface area contributed by atoms with E-state index in [-0.39, 0.29) is 0 Å². The summed E-state index contributed by atoms with van der Waals surface area (Å²) < 4.78 is 0. The Hall–Kier alpha value is -0.990. The zero-order valence-electron chi connectivity index (χ0n) is 7.17. The van der Waals surface area contributed by atoms with E-state index >= 15 is 0 Å². The normalized spacial score (nSPS) is 28.4. The van der Waals surface area contributed by atoms with Crippen LogP contribution in [0, 0.1) is 0 Å². The van der Waals surface area contributed by atoms with E-state index in [0.717, 1.165) is 18.8 Å². The molecule has 1 aliphatic heterocycles. The van der Waals surface area contributed by atoms with Gasteiger partial charge >= 0.3 is 0 Å². The van der Waals surface area contributed by atoms with Crippen molar-refractivity contribution >= 4 is 6.72 Å². The molecule has 62 valence electrons. The van der Waals surface area contributed by atoms with Gasteiger partial charge in [0.15, 0.2) is 0 Å². The first kappa shape index (κ1) is 8.11. The first-order chi connectivity index (χ1) is 5.27. The van der Waals surface area contributed by atoms with Gasteiger partial charge in [0.1, 0.15) is 5.82 Å². The van der Waals surface area contributed by atoms with Crippen LogP contribution in [0.2, 0.25) is 0 Å². The number of hydrazone groups is 1. The number of nitrogens with zero attached hydrogens (tertiary/aromatic N) is 2. The number of allylic oxidation sites excluding steroid dienone is 1. The maximum absolute atomic E-state index is 3.89. The van der Waals surface area contributed by atoms with E-state index in [4.69, 9.17) is 0 Å². The molecule has 3 heteroatoms. The zero-order chi connectivity index (χ0) is 8.27. The van der Waals surface area contributed by atoms with Crippen molar-refractivity contribution in [3.63, 3.8) is 0 Å². The SMILES string of the molecule is C=NN1CCC(C)N/C1=C/C. The molecule has 1 unspecified atom stereocenters. The van der Waals surface area contributed by atoms with Crippen LogP contribution in [0.1, 0.15) is 20.3 Å². The summed E-state index contributed by atoms with van der Waals surface area (Å²) >= 11 is 0. The fourth-order valence-electron chi connectivity index (χ4n) is 1.21. The van der Waals surface area contributed by atoms with Gasteiger partial charge in [-0.1, -0.05) is 0 Å². The van der Waals surface area contributed by atoms with Crippen LogP contribution >= 0.6 is 0 Å². The van der Waals surface area contributed by atoms with Crippen LogP contribution in [0.5, 0.6) is 0 Å². The molecular weight excluding hydrogens is 138 g/mol. The second-order valence-electron chi connectivity index (χ2n) is 2.77. The van der Waals surface area contributed by atoms with Crippen LogP contribution in [-0.2, 0) is 0 Å². The van der Waals surface area contributed by atoms with Crippen molar-refractivity contribution in [1.29, 1.82) is 0 Å². The van der Waals surface area contributed by atoms with Gasteiger partial charge in [-0.2, -0.15) is 5.10 Å². The lowest BCUT2D eigenvalue weighted by Gasteiger charge is -2.31. The minimum atomic E-state index is 0.555. The van der Waals surface area contributed by atoms with Crippen molar-refractivity contribution in [2.75, 3.05) is 6.54 Å². The Morgan fingerprint density at radius 2 is 2.55 bits per heavy atom. The molecule has 0 bridgehead atoms. The van der Waals surface area contributed by atoms with E-state index in [1.807, 2.05) is 18.0 Å². The van der Waals surface area contributed by atoms with E-state index < -0.39 is 0 Å². The largest absolute Gasteiger partial charge is 0.368 e. The average molecular weight is 153 g/mol. The summed E-state index contributed by atoms with van der Waals surface area (Å²) in [7, 11) is 0. The Morgan fingerprint density at radius 1 is 1.82 bits per heavy atom. The number of hydrogen-bond donors (Lipinski definition) is 1. The third-order valence-electron chi connectivity index (χ3n) is 1.89. The highest BCUT2D eigenvalue weighted by Crippen LogP contribution is 2.11. The molecule has 1 N–H and O–H groups in total. The maximum Gasteiger partial charge on any atom is 0.118 e. The number of hydrogen-bond acceptors (Lipinski definition) is 3. The molecule has 1 atom stereocenters. The Kier molecular flexibility index (Phi) is 2.52. The molecule has 0 spiro atoms. The van der Waals surface area contributed by atoms with Gasteiger partial charge in [0.2, 0.25) is 0 Å². The molecule has 0 aliphatic carbocycles. The Bertz CT molecular complexity index is 174. The predicted octanol–water partition coefficient (Wildman–Crippen LogP) is 1.15. The molecule has 0 aromatic heterocycles. The fourth-order valence-corrected chi connectivity index (χ4v) is 1.21. The number of nitrogens with one attached hydrogen (secondary N) is 1. The van der Waals surface area contributed by atoms with Gasteiger partial charge < -0.3 is 5.32 Å². The van der Waals surface area contributed by atoms with E-state index in [0.29, 0.717) is 6.04 Å². The quantitative estimate of drug-likeness (QED) is 0.572. The zero-order valence-corrected chi connectivity index (χ0v) is 7.17. The van der Waals surface area contributed by atoms with E-state index in [1.54, 1.807) is 0 Å². The van der Waals surface area contributed by atoms with Crippen molar-refractivity contribution < 1.29 is 0 Å². The summed E-state index contributed by atoms with van der Waals surface area (Å²) in [5.41, 5.74) is 0. The molecular formula is C8H15N3. The van der Waals surface area contributed by atoms with Crippen LogP contribution in [-0.4, -0.2) is 24.3 Å².